The van der Waals surface area contributed by atoms with Gasteiger partial charge in [0.1, 0.15) is 15.8 Å². The Balaban J connectivity index is 2.46. The normalized spacial score (nSPS) is 10.4. The molecule has 2 rings (SSSR count). The van der Waals surface area contributed by atoms with Crippen LogP contribution in [-0.2, 0) is 5.11 Å². The van der Waals surface area contributed by atoms with Gasteiger partial charge in [0, 0.05) is 0 Å². The highest BCUT2D eigenvalue weighted by atomic mass is 35.5. The van der Waals surface area contributed by atoms with E-state index in [1.807, 2.05) is 0 Å². The third-order valence-electron chi connectivity index (χ3n) is 2.14. The smallest absolute Gasteiger partial charge is 0.222 e. The molecule has 0 spiro atoms. The summed E-state index contributed by atoms with van der Waals surface area (Å²) in [5.41, 5.74) is 0. The second-order valence-electron chi connectivity index (χ2n) is 3.34. The van der Waals surface area contributed by atoms with Crippen LogP contribution in [0.25, 0.3) is 0 Å². The minimum absolute atomic E-state index is 0.0419. The molecule has 1 radical (unpaired) electrons. The number of ether oxygens (including phenoxy) is 1. The molecule has 0 heterocycles. The van der Waals surface area contributed by atoms with Gasteiger partial charge in [-0.15, -0.1) is 0 Å². The maximum Gasteiger partial charge on any atom is 0.222 e. The van der Waals surface area contributed by atoms with E-state index < -0.39 is 0 Å². The second-order valence-corrected chi connectivity index (χ2v) is 4.91. The van der Waals surface area contributed by atoms with Crippen molar-refractivity contribution < 1.29 is 9.84 Å². The highest BCUT2D eigenvalue weighted by Crippen LogP contribution is 2.44. The number of halogens is 4. The van der Waals surface area contributed by atoms with Gasteiger partial charge >= 0.3 is 0 Å². The molecule has 0 saturated heterocycles. The Morgan fingerprint density at radius 2 is 1.50 bits per heavy atom. The van der Waals surface area contributed by atoms with E-state index in [2.05, 4.69) is 0 Å². The predicted molar refractivity (Wildman–Crippen MR) is 73.1 cm³/mol. The molecule has 2 aromatic rings. The molecule has 2 aromatic carbocycles. The molecule has 0 bridgehead atoms. The van der Waals surface area contributed by atoms with Gasteiger partial charge in [-0.05, 0) is 24.3 Å². The Kier molecular flexibility index (Phi) is 4.13. The van der Waals surface area contributed by atoms with Crippen molar-refractivity contribution >= 4 is 46.4 Å². The minimum atomic E-state index is -0.388. The molecule has 0 unspecified atom stereocenters. The van der Waals surface area contributed by atoms with Gasteiger partial charge in [-0.3, -0.25) is 5.11 Å². The number of hydrogen-bond acceptors (Lipinski definition) is 1. The first-order valence-corrected chi connectivity index (χ1v) is 6.28. The van der Waals surface area contributed by atoms with Crippen LogP contribution in [0.2, 0.25) is 20.1 Å². The van der Waals surface area contributed by atoms with Crippen molar-refractivity contribution in [3.05, 3.63) is 50.4 Å². The van der Waals surface area contributed by atoms with E-state index in [4.69, 9.17) is 51.1 Å². The van der Waals surface area contributed by atoms with Crippen molar-refractivity contribution in [2.24, 2.45) is 0 Å². The van der Waals surface area contributed by atoms with E-state index in [0.29, 0.717) is 5.02 Å². The quantitative estimate of drug-likeness (QED) is 0.643. The molecule has 0 atom stereocenters. The largest absolute Gasteiger partial charge is 0.450 e. The van der Waals surface area contributed by atoms with Crippen LogP contribution >= 0.6 is 46.4 Å². The van der Waals surface area contributed by atoms with Gasteiger partial charge in [0.15, 0.2) is 5.75 Å². The zero-order valence-corrected chi connectivity index (χ0v) is 11.7. The Morgan fingerprint density at radius 3 is 2.22 bits per heavy atom. The molecular weight excluding hydrogens is 318 g/mol. The first-order valence-electron chi connectivity index (χ1n) is 4.77. The summed E-state index contributed by atoms with van der Waals surface area (Å²) in [6.07, 6.45) is 0. The van der Waals surface area contributed by atoms with Crippen molar-refractivity contribution in [2.45, 2.75) is 0 Å². The number of rotatable bonds is 2. The lowest BCUT2D eigenvalue weighted by molar-refractivity contribution is 0.329. The van der Waals surface area contributed by atoms with E-state index in [1.165, 1.54) is 12.1 Å². The average Bonchev–Trinajstić information content (AvgIpc) is 2.35. The molecule has 93 valence electrons. The fraction of sp³-hybridized carbons (Fsp3) is 0. The first kappa shape index (κ1) is 13.6. The highest BCUT2D eigenvalue weighted by Gasteiger charge is 2.16. The van der Waals surface area contributed by atoms with Gasteiger partial charge in [-0.25, -0.2) is 0 Å². The molecule has 0 amide bonds. The van der Waals surface area contributed by atoms with Crippen LogP contribution < -0.4 is 4.74 Å². The summed E-state index contributed by atoms with van der Waals surface area (Å²) in [5, 5.41) is 12.4. The van der Waals surface area contributed by atoms with Gasteiger partial charge < -0.3 is 4.74 Å². The second kappa shape index (κ2) is 5.45. The first-order chi connectivity index (χ1) is 8.50. The van der Waals surface area contributed by atoms with E-state index in [0.717, 1.165) is 0 Å². The van der Waals surface area contributed by atoms with Gasteiger partial charge in [0.05, 0.1) is 10.0 Å². The Labute approximate surface area is 124 Å². The highest BCUT2D eigenvalue weighted by molar-refractivity contribution is 6.43. The standard InChI is InChI=1S/C12H5Cl4O2/c13-6-2-1-3-9(10(6)15)18-12-8(17)5-4-7(14)11(12)16/h1-5H. The summed E-state index contributed by atoms with van der Waals surface area (Å²) in [6, 6.07) is 7.49. The number of hydrogen-bond donors (Lipinski definition) is 0. The average molecular weight is 323 g/mol. The fourth-order valence-electron chi connectivity index (χ4n) is 1.28. The monoisotopic (exact) mass is 321 g/mol. The molecule has 0 aliphatic rings. The molecule has 2 nitrogen and oxygen atoms in total. The maximum absolute atomic E-state index is 11.6. The minimum Gasteiger partial charge on any atom is -0.450 e. The Bertz CT molecular complexity index is 599. The molecule has 0 aliphatic heterocycles. The molecule has 6 heteroatoms. The maximum atomic E-state index is 11.6. The van der Waals surface area contributed by atoms with Crippen molar-refractivity contribution in [1.82, 2.24) is 0 Å². The molecule has 0 aromatic heterocycles. The van der Waals surface area contributed by atoms with Crippen LogP contribution in [0.5, 0.6) is 17.2 Å². The summed E-state index contributed by atoms with van der Waals surface area (Å²) >= 11 is 23.5. The van der Waals surface area contributed by atoms with Crippen molar-refractivity contribution in [3.8, 4) is 17.2 Å². The van der Waals surface area contributed by atoms with Gasteiger partial charge in [0.25, 0.3) is 0 Å². The van der Waals surface area contributed by atoms with Crippen LogP contribution in [0.1, 0.15) is 0 Å². The zero-order valence-electron chi connectivity index (χ0n) is 8.72. The molecular formula is C12H5Cl4O2. The van der Waals surface area contributed by atoms with E-state index in [9.17, 15) is 5.11 Å². The SMILES string of the molecule is [O]c1ccc(Cl)c(Cl)c1Oc1cccc(Cl)c1Cl. The van der Waals surface area contributed by atoms with Crippen molar-refractivity contribution in [2.75, 3.05) is 0 Å². The summed E-state index contributed by atoms with van der Waals surface area (Å²) in [7, 11) is 0. The fourth-order valence-corrected chi connectivity index (χ4v) is 1.96. The van der Waals surface area contributed by atoms with E-state index in [-0.39, 0.29) is 32.3 Å². The van der Waals surface area contributed by atoms with Crippen LogP contribution in [0, 0.1) is 0 Å². The van der Waals surface area contributed by atoms with Crippen LogP contribution in [0.3, 0.4) is 0 Å². The summed E-state index contributed by atoms with van der Waals surface area (Å²) in [4.78, 5) is 0. The molecule has 0 N–H and O–H groups in total. The Hall–Kier alpha value is -0.800. The van der Waals surface area contributed by atoms with Gasteiger partial charge in [0.2, 0.25) is 5.75 Å². The van der Waals surface area contributed by atoms with Gasteiger partial charge in [-0.1, -0.05) is 52.5 Å². The molecule has 18 heavy (non-hydrogen) atoms. The number of benzene rings is 2. The lowest BCUT2D eigenvalue weighted by atomic mass is 10.3. The topological polar surface area (TPSA) is 29.1 Å². The van der Waals surface area contributed by atoms with Crippen molar-refractivity contribution in [1.29, 1.82) is 0 Å². The van der Waals surface area contributed by atoms with Crippen LogP contribution in [-0.4, -0.2) is 0 Å². The molecule has 0 fully saturated rings. The molecule has 0 aliphatic carbocycles. The Morgan fingerprint density at radius 1 is 0.833 bits per heavy atom. The molecule has 0 saturated carbocycles. The lowest BCUT2D eigenvalue weighted by Gasteiger charge is -2.10. The van der Waals surface area contributed by atoms with Crippen LogP contribution in [0.15, 0.2) is 30.3 Å². The van der Waals surface area contributed by atoms with E-state index in [1.54, 1.807) is 18.2 Å². The van der Waals surface area contributed by atoms with Crippen LogP contribution in [0.4, 0.5) is 0 Å². The zero-order chi connectivity index (χ0) is 13.3. The summed E-state index contributed by atoms with van der Waals surface area (Å²) in [6.45, 7) is 0. The third-order valence-corrected chi connectivity index (χ3v) is 3.73. The summed E-state index contributed by atoms with van der Waals surface area (Å²) < 4.78 is 5.39. The lowest BCUT2D eigenvalue weighted by Crippen LogP contribution is -1.88. The van der Waals surface area contributed by atoms with Gasteiger partial charge in [-0.2, -0.15) is 0 Å². The van der Waals surface area contributed by atoms with E-state index >= 15 is 0 Å². The summed E-state index contributed by atoms with van der Waals surface area (Å²) in [5.74, 6) is -0.223. The van der Waals surface area contributed by atoms with Crippen molar-refractivity contribution in [3.63, 3.8) is 0 Å². The predicted octanol–water partition coefficient (Wildman–Crippen LogP) is 6.24. The third kappa shape index (κ3) is 2.62.